The number of thiophene rings is 1. The summed E-state index contributed by atoms with van der Waals surface area (Å²) >= 11 is 11.1. The van der Waals surface area contributed by atoms with E-state index in [0.29, 0.717) is 15.8 Å². The molecule has 0 bridgehead atoms. The van der Waals surface area contributed by atoms with Crippen LogP contribution in [-0.4, -0.2) is 9.97 Å². The molecule has 7 heteroatoms. The monoisotopic (exact) mass is 424 g/mol. The number of halogens is 3. The fourth-order valence-electron chi connectivity index (χ4n) is 2.95. The first kappa shape index (κ1) is 16.0. The first-order valence-electron chi connectivity index (χ1n) is 7.40. The average Bonchev–Trinajstić information content (AvgIpc) is 3.11. The van der Waals surface area contributed by atoms with Crippen LogP contribution in [0.3, 0.4) is 0 Å². The smallest absolute Gasteiger partial charge is 0.260 e. The van der Waals surface area contributed by atoms with Crippen molar-refractivity contribution in [2.45, 2.75) is 19.3 Å². The quantitative estimate of drug-likeness (QED) is 0.620. The van der Waals surface area contributed by atoms with Crippen LogP contribution in [0.15, 0.2) is 27.5 Å². The number of aromatic nitrogens is 2. The Morgan fingerprint density at radius 3 is 3.08 bits per heavy atom. The molecule has 0 saturated carbocycles. The molecule has 0 aliphatic heterocycles. The van der Waals surface area contributed by atoms with Gasteiger partial charge in [-0.15, -0.1) is 11.3 Å². The highest BCUT2D eigenvalue weighted by Gasteiger charge is 2.21. The molecule has 4 rings (SSSR count). The van der Waals surface area contributed by atoms with Gasteiger partial charge in [0.1, 0.15) is 10.6 Å². The molecule has 1 aliphatic rings. The van der Waals surface area contributed by atoms with E-state index in [1.165, 1.54) is 17.0 Å². The van der Waals surface area contributed by atoms with Gasteiger partial charge < -0.3 is 4.98 Å². The molecular formula is C17H11BrClFN2OS. The second-order valence-corrected chi connectivity index (χ2v) is 8.02. The Kier molecular flexibility index (Phi) is 4.06. The lowest BCUT2D eigenvalue weighted by Crippen LogP contribution is -2.10. The number of benzene rings is 1. The normalized spacial score (nSPS) is 14.4. The summed E-state index contributed by atoms with van der Waals surface area (Å²) in [4.78, 5) is 21.6. The lowest BCUT2D eigenvalue weighted by atomic mass is 10.2. The number of aromatic amines is 1. The molecular weight excluding hydrogens is 415 g/mol. The SMILES string of the molecule is O=c1[nH]c(/C(Cl)=C/c2cc(Br)ccc2F)nc2sc3c(c12)CCC3. The van der Waals surface area contributed by atoms with Gasteiger partial charge in [0.15, 0.2) is 5.82 Å². The fourth-order valence-corrected chi connectivity index (χ4v) is 4.79. The van der Waals surface area contributed by atoms with Gasteiger partial charge in [0.05, 0.1) is 10.4 Å². The van der Waals surface area contributed by atoms with Crippen LogP contribution in [0.5, 0.6) is 0 Å². The number of nitrogens with zero attached hydrogens (tertiary/aromatic N) is 1. The molecule has 122 valence electrons. The highest BCUT2D eigenvalue weighted by atomic mass is 79.9. The summed E-state index contributed by atoms with van der Waals surface area (Å²) in [6, 6.07) is 4.58. The van der Waals surface area contributed by atoms with E-state index in [4.69, 9.17) is 11.6 Å². The third-order valence-corrected chi connectivity index (χ3v) is 6.01. The second kappa shape index (κ2) is 6.10. The number of hydrogen-bond acceptors (Lipinski definition) is 3. The van der Waals surface area contributed by atoms with Gasteiger partial charge in [-0.3, -0.25) is 4.79 Å². The molecule has 0 spiro atoms. The van der Waals surface area contributed by atoms with Crippen molar-refractivity contribution in [1.29, 1.82) is 0 Å². The number of nitrogens with one attached hydrogen (secondary N) is 1. The maximum Gasteiger partial charge on any atom is 0.260 e. The highest BCUT2D eigenvalue weighted by Crippen LogP contribution is 2.35. The summed E-state index contributed by atoms with van der Waals surface area (Å²) in [5, 5.41) is 0.869. The standard InChI is InChI=1S/C17H11BrClFN2OS/c18-9-4-5-12(20)8(6-9)7-11(19)15-21-16(23)14-10-2-1-3-13(10)24-17(14)22-15/h4-7H,1-3H2,(H,21,22,23)/b11-7-. The molecule has 2 heterocycles. The van der Waals surface area contributed by atoms with Gasteiger partial charge in [-0.2, -0.15) is 0 Å². The van der Waals surface area contributed by atoms with Crippen molar-refractivity contribution in [2.24, 2.45) is 0 Å². The van der Waals surface area contributed by atoms with Crippen LogP contribution >= 0.6 is 38.9 Å². The van der Waals surface area contributed by atoms with E-state index < -0.39 is 5.82 Å². The minimum Gasteiger partial charge on any atom is -0.305 e. The van der Waals surface area contributed by atoms with Gasteiger partial charge >= 0.3 is 0 Å². The third-order valence-electron chi connectivity index (χ3n) is 4.04. The van der Waals surface area contributed by atoms with E-state index in [9.17, 15) is 9.18 Å². The molecule has 0 atom stereocenters. The lowest BCUT2D eigenvalue weighted by Gasteiger charge is -2.02. The lowest BCUT2D eigenvalue weighted by molar-refractivity contribution is 0.625. The second-order valence-electron chi connectivity index (χ2n) is 5.61. The zero-order valence-electron chi connectivity index (χ0n) is 12.3. The minimum absolute atomic E-state index is 0.185. The zero-order valence-corrected chi connectivity index (χ0v) is 15.5. The van der Waals surface area contributed by atoms with E-state index in [2.05, 4.69) is 25.9 Å². The maximum absolute atomic E-state index is 13.9. The van der Waals surface area contributed by atoms with Crippen LogP contribution in [0.4, 0.5) is 4.39 Å². The first-order valence-corrected chi connectivity index (χ1v) is 9.39. The summed E-state index contributed by atoms with van der Waals surface area (Å²) < 4.78 is 14.6. The number of rotatable bonds is 2. The number of aryl methyl sites for hydroxylation is 2. The van der Waals surface area contributed by atoms with Crippen molar-refractivity contribution in [2.75, 3.05) is 0 Å². The van der Waals surface area contributed by atoms with Gasteiger partial charge in [0.25, 0.3) is 5.56 Å². The molecule has 24 heavy (non-hydrogen) atoms. The predicted molar refractivity (Wildman–Crippen MR) is 100 cm³/mol. The summed E-state index contributed by atoms with van der Waals surface area (Å²) in [7, 11) is 0. The molecule has 1 N–H and O–H groups in total. The van der Waals surface area contributed by atoms with Crippen LogP contribution in [0, 0.1) is 5.82 Å². The van der Waals surface area contributed by atoms with Crippen LogP contribution in [-0.2, 0) is 12.8 Å². The van der Waals surface area contributed by atoms with Gasteiger partial charge in [-0.25, -0.2) is 9.37 Å². The van der Waals surface area contributed by atoms with E-state index in [-0.39, 0.29) is 16.4 Å². The Bertz CT molecular complexity index is 1060. The molecule has 0 saturated heterocycles. The zero-order chi connectivity index (χ0) is 16.8. The Morgan fingerprint density at radius 2 is 2.25 bits per heavy atom. The Hall–Kier alpha value is -1.50. The summed E-state index contributed by atoms with van der Waals surface area (Å²) in [5.41, 5.74) is 1.26. The number of H-pyrrole nitrogens is 1. The Labute approximate surface area is 154 Å². The fraction of sp³-hybridized carbons (Fsp3) is 0.176. The van der Waals surface area contributed by atoms with Gasteiger partial charge in [-0.1, -0.05) is 27.5 Å². The minimum atomic E-state index is -0.394. The Balaban J connectivity index is 1.83. The molecule has 3 aromatic rings. The highest BCUT2D eigenvalue weighted by molar-refractivity contribution is 9.10. The van der Waals surface area contributed by atoms with E-state index >= 15 is 0 Å². The van der Waals surface area contributed by atoms with Crippen molar-refractivity contribution in [3.63, 3.8) is 0 Å². The largest absolute Gasteiger partial charge is 0.305 e. The van der Waals surface area contributed by atoms with Crippen molar-refractivity contribution < 1.29 is 4.39 Å². The van der Waals surface area contributed by atoms with Gasteiger partial charge in [0, 0.05) is 14.9 Å². The van der Waals surface area contributed by atoms with E-state index in [1.54, 1.807) is 23.5 Å². The van der Waals surface area contributed by atoms with Crippen LogP contribution in [0.2, 0.25) is 0 Å². The van der Waals surface area contributed by atoms with E-state index in [0.717, 1.165) is 29.3 Å². The molecule has 0 unspecified atom stereocenters. The summed E-state index contributed by atoms with van der Waals surface area (Å²) in [5.74, 6) is -0.136. The van der Waals surface area contributed by atoms with Crippen LogP contribution in [0.25, 0.3) is 21.3 Å². The van der Waals surface area contributed by atoms with Gasteiger partial charge in [0.2, 0.25) is 0 Å². The average molecular weight is 426 g/mol. The molecule has 0 radical (unpaired) electrons. The molecule has 0 amide bonds. The summed E-state index contributed by atoms with van der Waals surface area (Å²) in [6.07, 6.45) is 4.47. The molecule has 1 aliphatic carbocycles. The first-order chi connectivity index (χ1) is 11.5. The van der Waals surface area contributed by atoms with Crippen molar-refractivity contribution >= 4 is 60.2 Å². The van der Waals surface area contributed by atoms with Crippen LogP contribution < -0.4 is 5.56 Å². The Morgan fingerprint density at radius 1 is 1.42 bits per heavy atom. The topological polar surface area (TPSA) is 45.8 Å². The molecule has 3 nitrogen and oxygen atoms in total. The predicted octanol–water partition coefficient (Wildman–Crippen LogP) is 5.11. The molecule has 1 aromatic carbocycles. The van der Waals surface area contributed by atoms with E-state index in [1.807, 2.05) is 0 Å². The molecule has 0 fully saturated rings. The van der Waals surface area contributed by atoms with Crippen molar-refractivity contribution in [1.82, 2.24) is 9.97 Å². The van der Waals surface area contributed by atoms with Crippen molar-refractivity contribution in [3.8, 4) is 0 Å². The maximum atomic E-state index is 13.9. The molecule has 2 aromatic heterocycles. The number of hydrogen-bond donors (Lipinski definition) is 1. The van der Waals surface area contributed by atoms with Crippen LogP contribution in [0.1, 0.15) is 28.2 Å². The number of fused-ring (bicyclic) bond motifs is 3. The summed E-state index contributed by atoms with van der Waals surface area (Å²) in [6.45, 7) is 0. The van der Waals surface area contributed by atoms with Gasteiger partial charge in [-0.05, 0) is 49.1 Å². The van der Waals surface area contributed by atoms with Crippen molar-refractivity contribution in [3.05, 3.63) is 60.7 Å². The third kappa shape index (κ3) is 2.72.